The lowest BCUT2D eigenvalue weighted by Gasteiger charge is -2.19. The molecule has 0 atom stereocenters. The first-order valence-electron chi connectivity index (χ1n) is 13.1. The van der Waals surface area contributed by atoms with Gasteiger partial charge in [-0.15, -0.1) is 0 Å². The second-order valence-electron chi connectivity index (χ2n) is 10.3. The molecular formula is C36H26. The number of rotatable bonds is 0. The molecule has 36 heavy (non-hydrogen) atoms. The van der Waals surface area contributed by atoms with Crippen molar-refractivity contribution in [2.75, 3.05) is 0 Å². The molecule has 0 unspecified atom stereocenters. The fraction of sp³-hybridized carbons (Fsp3) is 0.111. The molecule has 0 aromatic heterocycles. The Bertz CT molecular complexity index is 1990. The molecule has 0 heteroatoms. The summed E-state index contributed by atoms with van der Waals surface area (Å²) in [6, 6.07) is 41.3. The molecule has 7 aromatic carbocycles. The number of hydrogen-bond acceptors (Lipinski definition) is 0. The van der Waals surface area contributed by atoms with Crippen LogP contribution in [0.15, 0.2) is 109 Å². The smallest absolute Gasteiger partial charge is 0.00239 e. The van der Waals surface area contributed by atoms with Crippen molar-refractivity contribution in [1.29, 1.82) is 0 Å². The fourth-order valence-corrected chi connectivity index (χ4v) is 6.72. The maximum absolute atomic E-state index is 2.42. The summed E-state index contributed by atoms with van der Waals surface area (Å²) in [4.78, 5) is 0. The molecule has 0 saturated heterocycles. The van der Waals surface area contributed by atoms with Crippen LogP contribution < -0.4 is 0 Å². The predicted octanol–water partition coefficient (Wildman–Crippen LogP) is 9.34. The van der Waals surface area contributed by atoms with E-state index in [1.54, 1.807) is 0 Å². The van der Waals surface area contributed by atoms with Gasteiger partial charge in [0.1, 0.15) is 0 Å². The van der Waals surface area contributed by atoms with Crippen LogP contribution in [0.4, 0.5) is 0 Å². The Morgan fingerprint density at radius 3 is 1.42 bits per heavy atom. The summed E-state index contributed by atoms with van der Waals surface area (Å²) in [5, 5.41) is 14.0. The largest absolute Gasteiger partial charge is 0.0616 e. The van der Waals surface area contributed by atoms with E-state index >= 15 is 0 Å². The molecule has 7 aromatic rings. The minimum atomic E-state index is 1.04. The second-order valence-corrected chi connectivity index (χ2v) is 10.3. The van der Waals surface area contributed by atoms with Crippen molar-refractivity contribution in [1.82, 2.24) is 0 Å². The van der Waals surface area contributed by atoms with E-state index in [9.17, 15) is 0 Å². The van der Waals surface area contributed by atoms with Crippen molar-refractivity contribution in [3.63, 3.8) is 0 Å². The van der Waals surface area contributed by atoms with Gasteiger partial charge < -0.3 is 0 Å². The molecule has 0 nitrogen and oxygen atoms in total. The van der Waals surface area contributed by atoms with E-state index in [1.165, 1.54) is 76.1 Å². The monoisotopic (exact) mass is 458 g/mol. The molecule has 0 spiro atoms. The summed E-state index contributed by atoms with van der Waals surface area (Å²) in [6.07, 6.45) is 4.18. The third kappa shape index (κ3) is 2.88. The van der Waals surface area contributed by atoms with E-state index < -0.39 is 0 Å². The summed E-state index contributed by atoms with van der Waals surface area (Å²) >= 11 is 0. The van der Waals surface area contributed by atoms with E-state index in [4.69, 9.17) is 0 Å². The van der Waals surface area contributed by atoms with E-state index in [0.29, 0.717) is 0 Å². The van der Waals surface area contributed by atoms with Gasteiger partial charge in [-0.05, 0) is 102 Å². The number of benzene rings is 7. The van der Waals surface area contributed by atoms with Gasteiger partial charge >= 0.3 is 0 Å². The minimum Gasteiger partial charge on any atom is -0.0616 e. The summed E-state index contributed by atoms with van der Waals surface area (Å²) in [5.41, 5.74) is 5.85. The van der Waals surface area contributed by atoms with Crippen molar-refractivity contribution >= 4 is 53.9 Å². The molecule has 0 fully saturated rings. The molecule has 2 aliphatic rings. The van der Waals surface area contributed by atoms with E-state index in [1.807, 2.05) is 0 Å². The Balaban J connectivity index is 1.43. The highest BCUT2D eigenvalue weighted by molar-refractivity contribution is 6.21. The van der Waals surface area contributed by atoms with Crippen molar-refractivity contribution in [3.8, 4) is 0 Å². The summed E-state index contributed by atoms with van der Waals surface area (Å²) in [6.45, 7) is 0. The third-order valence-electron chi connectivity index (χ3n) is 8.47. The molecule has 0 radical (unpaired) electrons. The fourth-order valence-electron chi connectivity index (χ4n) is 6.72. The zero-order chi connectivity index (χ0) is 23.6. The molecule has 2 aliphatic carbocycles. The lowest BCUT2D eigenvalue weighted by atomic mass is 9.85. The molecular weight excluding hydrogens is 432 g/mol. The normalized spacial score (nSPS) is 13.7. The topological polar surface area (TPSA) is 0 Å². The van der Waals surface area contributed by atoms with Gasteiger partial charge in [-0.1, -0.05) is 109 Å². The van der Waals surface area contributed by atoms with Crippen LogP contribution in [0.5, 0.6) is 0 Å². The first-order valence-corrected chi connectivity index (χ1v) is 13.1. The molecule has 0 aliphatic heterocycles. The second kappa shape index (κ2) is 7.67. The van der Waals surface area contributed by atoms with E-state index in [0.717, 1.165) is 25.7 Å². The van der Waals surface area contributed by atoms with Crippen LogP contribution in [0, 0.1) is 0 Å². The Morgan fingerprint density at radius 1 is 0.278 bits per heavy atom. The minimum absolute atomic E-state index is 1.04. The lowest BCUT2D eigenvalue weighted by Crippen LogP contribution is -2.02. The first-order chi connectivity index (χ1) is 17.8. The Labute approximate surface area is 210 Å². The summed E-state index contributed by atoms with van der Waals surface area (Å²) in [5.74, 6) is 0. The highest BCUT2D eigenvalue weighted by Crippen LogP contribution is 2.38. The first kappa shape index (κ1) is 20.1. The quantitative estimate of drug-likeness (QED) is 0.199. The van der Waals surface area contributed by atoms with Crippen LogP contribution in [0.1, 0.15) is 22.3 Å². The molecule has 4 bridgehead atoms. The van der Waals surface area contributed by atoms with Gasteiger partial charge in [-0.2, -0.15) is 0 Å². The number of aryl methyl sites for hydroxylation is 4. The Morgan fingerprint density at radius 2 is 0.722 bits per heavy atom. The highest BCUT2D eigenvalue weighted by atomic mass is 14.2. The standard InChI is InChI=1S/C36H26/c1-3-7-30-24(6-1)19-21-32-25-10-14-27(34(30)32)15-11-26-13-18-28(17-12-25)36-33(26)22-20-29-16-9-23-5-2-4-8-31(23)35(29)36/h1-10,13-14,16,18-22H,11-12,15,17H2. The van der Waals surface area contributed by atoms with Gasteiger partial charge in [-0.3, -0.25) is 0 Å². The molecule has 9 rings (SSSR count). The lowest BCUT2D eigenvalue weighted by molar-refractivity contribution is 0.949. The van der Waals surface area contributed by atoms with Crippen molar-refractivity contribution in [2.24, 2.45) is 0 Å². The molecule has 0 N–H and O–H groups in total. The summed E-state index contributed by atoms with van der Waals surface area (Å²) < 4.78 is 0. The van der Waals surface area contributed by atoms with Gasteiger partial charge in [-0.25, -0.2) is 0 Å². The van der Waals surface area contributed by atoms with Crippen LogP contribution in [0.25, 0.3) is 53.9 Å². The van der Waals surface area contributed by atoms with Crippen LogP contribution >= 0.6 is 0 Å². The van der Waals surface area contributed by atoms with Crippen molar-refractivity contribution < 1.29 is 0 Å². The van der Waals surface area contributed by atoms with Crippen molar-refractivity contribution in [2.45, 2.75) is 25.7 Å². The van der Waals surface area contributed by atoms with Crippen molar-refractivity contribution in [3.05, 3.63) is 131 Å². The maximum atomic E-state index is 2.42. The number of hydrogen-bond donors (Lipinski definition) is 0. The average Bonchev–Trinajstić information content (AvgIpc) is 2.93. The molecule has 0 heterocycles. The van der Waals surface area contributed by atoms with E-state index in [2.05, 4.69) is 109 Å². The SMILES string of the molecule is c1ccc2c(c1)ccc1c3ccc(c12)CCc1ccc(c2c1ccc1ccc4ccccc4c12)CC3. The zero-order valence-electron chi connectivity index (χ0n) is 20.2. The van der Waals surface area contributed by atoms with Gasteiger partial charge in [0.25, 0.3) is 0 Å². The Hall–Kier alpha value is -4.16. The van der Waals surface area contributed by atoms with Gasteiger partial charge in [0.15, 0.2) is 0 Å². The molecule has 0 saturated carbocycles. The molecule has 0 amide bonds. The van der Waals surface area contributed by atoms with Gasteiger partial charge in [0.05, 0.1) is 0 Å². The van der Waals surface area contributed by atoms with Crippen LogP contribution in [-0.4, -0.2) is 0 Å². The average molecular weight is 459 g/mol. The Kier molecular flexibility index (Phi) is 4.28. The van der Waals surface area contributed by atoms with Crippen LogP contribution in [-0.2, 0) is 25.7 Å². The van der Waals surface area contributed by atoms with Gasteiger partial charge in [0, 0.05) is 0 Å². The number of fused-ring (bicyclic) bond motifs is 9. The van der Waals surface area contributed by atoms with Gasteiger partial charge in [0.2, 0.25) is 0 Å². The van der Waals surface area contributed by atoms with Crippen LogP contribution in [0.3, 0.4) is 0 Å². The molecule has 170 valence electrons. The van der Waals surface area contributed by atoms with E-state index in [-0.39, 0.29) is 0 Å². The van der Waals surface area contributed by atoms with Crippen LogP contribution in [0.2, 0.25) is 0 Å². The maximum Gasteiger partial charge on any atom is -0.00239 e. The zero-order valence-corrected chi connectivity index (χ0v) is 20.2. The highest BCUT2D eigenvalue weighted by Gasteiger charge is 2.16. The predicted molar refractivity (Wildman–Crippen MR) is 155 cm³/mol. The third-order valence-corrected chi connectivity index (χ3v) is 8.47. The summed E-state index contributed by atoms with van der Waals surface area (Å²) in [7, 11) is 0.